The Labute approximate surface area is 192 Å². The zero-order valence-electron chi connectivity index (χ0n) is 17.6. The van der Waals surface area contributed by atoms with Crippen LogP contribution in [-0.2, 0) is 22.5 Å². The van der Waals surface area contributed by atoms with Gasteiger partial charge in [-0.15, -0.1) is 0 Å². The first kappa shape index (κ1) is 21.5. The molecule has 5 heteroatoms. The Hall–Kier alpha value is -2.69. The number of rotatable bonds is 7. The number of fused-ring (bicyclic) bond motifs is 1. The smallest absolute Gasteiger partial charge is 0.310 e. The Bertz CT molecular complexity index is 1220. The molecule has 0 radical (unpaired) electrons. The van der Waals surface area contributed by atoms with Gasteiger partial charge < -0.3 is 9.30 Å². The molecular formula is C26H24ClNO2S. The van der Waals surface area contributed by atoms with Crippen molar-refractivity contribution < 1.29 is 9.53 Å². The standard InChI is InChI=1S/C26H24ClNO2S/c1-3-30-25(29)15-20-10-7-11-22(14-20)31-26-18(2)28(17-19-8-5-4-6-9-19)24-16-21(27)12-13-23(24)26/h4-14,16H,3,15,17H2,1-2H3. The number of esters is 1. The van der Waals surface area contributed by atoms with Gasteiger partial charge >= 0.3 is 5.97 Å². The molecule has 3 aromatic carbocycles. The summed E-state index contributed by atoms with van der Waals surface area (Å²) in [6, 6.07) is 24.6. The van der Waals surface area contributed by atoms with Crippen molar-refractivity contribution in [3.8, 4) is 0 Å². The minimum absolute atomic E-state index is 0.199. The van der Waals surface area contributed by atoms with E-state index in [2.05, 4.69) is 54.0 Å². The van der Waals surface area contributed by atoms with Crippen molar-refractivity contribution in [2.24, 2.45) is 0 Å². The van der Waals surface area contributed by atoms with Crippen LogP contribution in [0.3, 0.4) is 0 Å². The summed E-state index contributed by atoms with van der Waals surface area (Å²) in [5, 5.41) is 1.91. The summed E-state index contributed by atoms with van der Waals surface area (Å²) in [7, 11) is 0. The maximum Gasteiger partial charge on any atom is 0.310 e. The second-order valence-corrected chi connectivity index (χ2v) is 8.90. The number of halogens is 1. The minimum Gasteiger partial charge on any atom is -0.466 e. The van der Waals surface area contributed by atoms with Gasteiger partial charge in [0.15, 0.2) is 0 Å². The maximum atomic E-state index is 11.9. The highest BCUT2D eigenvalue weighted by atomic mass is 35.5. The Kier molecular flexibility index (Phi) is 6.69. The van der Waals surface area contributed by atoms with E-state index in [0.717, 1.165) is 27.5 Å². The largest absolute Gasteiger partial charge is 0.466 e. The Morgan fingerprint density at radius 2 is 1.77 bits per heavy atom. The summed E-state index contributed by atoms with van der Waals surface area (Å²) in [5.74, 6) is -0.199. The van der Waals surface area contributed by atoms with Crippen molar-refractivity contribution in [3.63, 3.8) is 0 Å². The lowest BCUT2D eigenvalue weighted by Crippen LogP contribution is -2.07. The van der Waals surface area contributed by atoms with Crippen molar-refractivity contribution in [1.82, 2.24) is 4.57 Å². The van der Waals surface area contributed by atoms with Crippen LogP contribution in [0.2, 0.25) is 5.02 Å². The second-order valence-electron chi connectivity index (χ2n) is 7.38. The monoisotopic (exact) mass is 449 g/mol. The van der Waals surface area contributed by atoms with Crippen LogP contribution < -0.4 is 0 Å². The van der Waals surface area contributed by atoms with E-state index >= 15 is 0 Å². The Morgan fingerprint density at radius 1 is 1.00 bits per heavy atom. The topological polar surface area (TPSA) is 31.2 Å². The number of ether oxygens (including phenoxy) is 1. The molecule has 0 aliphatic carbocycles. The molecule has 0 amide bonds. The second kappa shape index (κ2) is 9.63. The van der Waals surface area contributed by atoms with Gasteiger partial charge in [-0.25, -0.2) is 0 Å². The third kappa shape index (κ3) is 4.97. The zero-order valence-corrected chi connectivity index (χ0v) is 19.2. The molecule has 0 saturated carbocycles. The predicted molar refractivity (Wildman–Crippen MR) is 128 cm³/mol. The Balaban J connectivity index is 1.70. The van der Waals surface area contributed by atoms with Gasteiger partial charge in [0.05, 0.1) is 18.5 Å². The van der Waals surface area contributed by atoms with Gasteiger partial charge in [-0.2, -0.15) is 0 Å². The fourth-order valence-corrected chi connectivity index (χ4v) is 5.03. The highest BCUT2D eigenvalue weighted by Crippen LogP contribution is 2.39. The SMILES string of the molecule is CCOC(=O)Cc1cccc(Sc2c(C)n(Cc3ccccc3)c3cc(Cl)ccc23)c1. The summed E-state index contributed by atoms with van der Waals surface area (Å²) in [5.41, 5.74) is 4.52. The molecule has 0 bridgehead atoms. The first-order chi connectivity index (χ1) is 15.0. The van der Waals surface area contributed by atoms with E-state index in [9.17, 15) is 4.79 Å². The van der Waals surface area contributed by atoms with Crippen molar-refractivity contribution >= 4 is 40.2 Å². The van der Waals surface area contributed by atoms with Crippen LogP contribution in [0.4, 0.5) is 0 Å². The Morgan fingerprint density at radius 3 is 2.55 bits per heavy atom. The van der Waals surface area contributed by atoms with Gasteiger partial charge in [0.2, 0.25) is 0 Å². The van der Waals surface area contributed by atoms with Crippen LogP contribution in [0, 0.1) is 6.92 Å². The molecular weight excluding hydrogens is 426 g/mol. The summed E-state index contributed by atoms with van der Waals surface area (Å²) < 4.78 is 7.41. The van der Waals surface area contributed by atoms with Crippen LogP contribution in [0.1, 0.15) is 23.7 Å². The molecule has 4 rings (SSSR count). The van der Waals surface area contributed by atoms with Crippen LogP contribution >= 0.6 is 23.4 Å². The van der Waals surface area contributed by atoms with E-state index in [4.69, 9.17) is 16.3 Å². The molecule has 0 aliphatic rings. The molecule has 0 spiro atoms. The van der Waals surface area contributed by atoms with Crippen LogP contribution in [0.25, 0.3) is 10.9 Å². The van der Waals surface area contributed by atoms with Crippen molar-refractivity contribution in [1.29, 1.82) is 0 Å². The molecule has 3 nitrogen and oxygen atoms in total. The van der Waals surface area contributed by atoms with Gasteiger partial charge in [0, 0.05) is 32.4 Å². The zero-order chi connectivity index (χ0) is 21.8. The van der Waals surface area contributed by atoms with Crippen molar-refractivity contribution in [2.45, 2.75) is 36.6 Å². The highest BCUT2D eigenvalue weighted by molar-refractivity contribution is 7.99. The number of benzene rings is 3. The van der Waals surface area contributed by atoms with Crippen LogP contribution in [0.5, 0.6) is 0 Å². The molecule has 0 saturated heterocycles. The molecule has 0 N–H and O–H groups in total. The molecule has 0 unspecified atom stereocenters. The number of nitrogens with zero attached hydrogens (tertiary/aromatic N) is 1. The number of hydrogen-bond donors (Lipinski definition) is 0. The minimum atomic E-state index is -0.199. The summed E-state index contributed by atoms with van der Waals surface area (Å²) in [6.45, 7) is 5.16. The fourth-order valence-electron chi connectivity index (χ4n) is 3.73. The predicted octanol–water partition coefficient (Wildman–Crippen LogP) is 6.91. The number of carbonyl (C=O) groups is 1. The summed E-state index contributed by atoms with van der Waals surface area (Å²) >= 11 is 8.07. The number of aromatic nitrogens is 1. The highest BCUT2D eigenvalue weighted by Gasteiger charge is 2.16. The lowest BCUT2D eigenvalue weighted by atomic mass is 10.1. The lowest BCUT2D eigenvalue weighted by molar-refractivity contribution is -0.142. The lowest BCUT2D eigenvalue weighted by Gasteiger charge is -2.09. The van der Waals surface area contributed by atoms with Crippen molar-refractivity contribution in [3.05, 3.63) is 94.6 Å². The number of carbonyl (C=O) groups excluding carboxylic acids is 1. The average Bonchev–Trinajstić information content (AvgIpc) is 3.00. The normalized spacial score (nSPS) is 11.1. The molecule has 158 valence electrons. The van der Waals surface area contributed by atoms with Gasteiger partial charge in [0.25, 0.3) is 0 Å². The third-order valence-corrected chi connectivity index (χ3v) is 6.63. The number of hydrogen-bond acceptors (Lipinski definition) is 3. The van der Waals surface area contributed by atoms with E-state index in [1.54, 1.807) is 11.8 Å². The van der Waals surface area contributed by atoms with E-state index in [1.807, 2.05) is 37.3 Å². The molecule has 0 fully saturated rings. The molecule has 0 aliphatic heterocycles. The first-order valence-corrected chi connectivity index (χ1v) is 11.5. The first-order valence-electron chi connectivity index (χ1n) is 10.3. The van der Waals surface area contributed by atoms with Gasteiger partial charge in [-0.3, -0.25) is 4.79 Å². The van der Waals surface area contributed by atoms with E-state index in [-0.39, 0.29) is 12.4 Å². The van der Waals surface area contributed by atoms with Gasteiger partial charge in [0.1, 0.15) is 0 Å². The quantitative estimate of drug-likeness (QED) is 0.287. The van der Waals surface area contributed by atoms with Gasteiger partial charge in [-0.05, 0) is 49.2 Å². The molecule has 1 heterocycles. The summed E-state index contributed by atoms with van der Waals surface area (Å²) in [4.78, 5) is 14.2. The summed E-state index contributed by atoms with van der Waals surface area (Å²) in [6.07, 6.45) is 0.284. The van der Waals surface area contributed by atoms with Gasteiger partial charge in [-0.1, -0.05) is 71.9 Å². The maximum absolute atomic E-state index is 11.9. The van der Waals surface area contributed by atoms with E-state index in [0.29, 0.717) is 6.61 Å². The van der Waals surface area contributed by atoms with E-state index < -0.39 is 0 Å². The molecule has 0 atom stereocenters. The fraction of sp³-hybridized carbons (Fsp3) is 0.192. The molecule has 4 aromatic rings. The van der Waals surface area contributed by atoms with Crippen LogP contribution in [-0.4, -0.2) is 17.1 Å². The molecule has 1 aromatic heterocycles. The van der Waals surface area contributed by atoms with Crippen molar-refractivity contribution in [2.75, 3.05) is 6.61 Å². The molecule has 31 heavy (non-hydrogen) atoms. The van der Waals surface area contributed by atoms with Crippen LogP contribution in [0.15, 0.2) is 82.6 Å². The van der Waals surface area contributed by atoms with E-state index in [1.165, 1.54) is 21.5 Å². The third-order valence-electron chi connectivity index (χ3n) is 5.18. The average molecular weight is 450 g/mol.